The molecule has 3 fully saturated rings. The van der Waals surface area contributed by atoms with Gasteiger partial charge in [0, 0.05) is 44.9 Å². The summed E-state index contributed by atoms with van der Waals surface area (Å²) in [6, 6.07) is -1.16. The van der Waals surface area contributed by atoms with E-state index in [9.17, 15) is 39.6 Å². The number of aliphatic hydroxyl groups excluding tert-OH is 3. The number of methoxy groups -OCH3 is 2. The molecule has 13 nitrogen and oxygen atoms in total. The fourth-order valence-electron chi connectivity index (χ4n) is 9.19. The third kappa shape index (κ3) is 10.8. The van der Waals surface area contributed by atoms with Crippen LogP contribution in [0.3, 0.4) is 0 Å². The van der Waals surface area contributed by atoms with Crippen LogP contribution in [0.4, 0.5) is 0 Å². The molecule has 4 rings (SSSR count). The second-order valence-electron chi connectivity index (χ2n) is 17.1. The maximum atomic E-state index is 14.2. The zero-order chi connectivity index (χ0) is 41.5. The highest BCUT2D eigenvalue weighted by Gasteiger charge is 2.56. The Morgan fingerprint density at radius 3 is 2.27 bits per heavy atom. The summed E-state index contributed by atoms with van der Waals surface area (Å²) in [6.07, 6.45) is 3.36. The van der Waals surface area contributed by atoms with Crippen LogP contribution in [0.2, 0.25) is 0 Å². The van der Waals surface area contributed by atoms with Gasteiger partial charge in [0.2, 0.25) is 5.79 Å². The molecule has 2 saturated heterocycles. The van der Waals surface area contributed by atoms with Crippen LogP contribution >= 0.6 is 0 Å². The second kappa shape index (κ2) is 20.3. The first-order chi connectivity index (χ1) is 26.4. The topological polar surface area (TPSA) is 189 Å². The number of carbonyl (C=O) groups excluding carboxylic acids is 4. The molecule has 0 aromatic heterocycles. The van der Waals surface area contributed by atoms with Crippen molar-refractivity contribution in [2.45, 2.75) is 160 Å². The van der Waals surface area contributed by atoms with E-state index in [1.807, 2.05) is 26.0 Å². The minimum Gasteiger partial charge on any atom is -0.456 e. The van der Waals surface area contributed by atoms with Crippen LogP contribution in [0.25, 0.3) is 0 Å². The summed E-state index contributed by atoms with van der Waals surface area (Å²) in [5.74, 6) is -8.03. The minimum atomic E-state index is -2.52. The predicted molar refractivity (Wildman–Crippen MR) is 208 cm³/mol. The maximum absolute atomic E-state index is 14.2. The van der Waals surface area contributed by atoms with Gasteiger partial charge in [-0.15, -0.1) is 6.58 Å². The molecule has 0 aromatic rings. The van der Waals surface area contributed by atoms with Crippen molar-refractivity contribution in [1.82, 2.24) is 4.90 Å². The van der Waals surface area contributed by atoms with Gasteiger partial charge in [-0.2, -0.15) is 0 Å². The average Bonchev–Trinajstić information content (AvgIpc) is 3.16. The predicted octanol–water partition coefficient (Wildman–Crippen LogP) is 3.98. The number of hydrogen-bond acceptors (Lipinski definition) is 12. The molecule has 0 aromatic carbocycles. The molecule has 3 aliphatic heterocycles. The highest BCUT2D eigenvalue weighted by molar-refractivity contribution is 6.39. The Morgan fingerprint density at radius 2 is 1.62 bits per heavy atom. The van der Waals surface area contributed by atoms with Gasteiger partial charge in [-0.1, -0.05) is 44.6 Å². The molecule has 1 amide bonds. The largest absolute Gasteiger partial charge is 0.456 e. The van der Waals surface area contributed by atoms with Crippen LogP contribution in [-0.2, 0) is 38.1 Å². The Labute approximate surface area is 332 Å². The molecule has 316 valence electrons. The van der Waals surface area contributed by atoms with E-state index in [2.05, 4.69) is 6.58 Å². The number of carbonyl (C=O) groups is 4. The fraction of sp³-hybridized carbons (Fsp3) is 0.767. The van der Waals surface area contributed by atoms with Gasteiger partial charge in [-0.25, -0.2) is 4.79 Å². The SMILES string of the molecule is C=CC[C@@H]1/C=C(\C)C[C@H](C)C[C@H](OC)[C@@H]2O[C@@](O)(C(=O)C(=O)N3CCCC[C@@H]3C(=O)O[C@@H](/C(C)=C/[C@H]3CC[C@@H](O)[C@@H](O)C3)[C@@H](C)[C@@H](O)CC1=O)[C@@H](C)C[C@H]2OC. The van der Waals surface area contributed by atoms with E-state index >= 15 is 0 Å². The summed E-state index contributed by atoms with van der Waals surface area (Å²) in [5.41, 5.74) is 1.54. The van der Waals surface area contributed by atoms with E-state index in [4.69, 9.17) is 18.9 Å². The minimum absolute atomic E-state index is 0.00242. The first-order valence-electron chi connectivity index (χ1n) is 20.5. The van der Waals surface area contributed by atoms with E-state index in [0.29, 0.717) is 56.9 Å². The van der Waals surface area contributed by atoms with Gasteiger partial charge in [0.25, 0.3) is 11.7 Å². The first kappa shape index (κ1) is 45.9. The van der Waals surface area contributed by atoms with E-state index in [1.165, 1.54) is 14.2 Å². The number of fused-ring (bicyclic) bond motifs is 3. The van der Waals surface area contributed by atoms with E-state index < -0.39 is 90.0 Å². The highest BCUT2D eigenvalue weighted by Crippen LogP contribution is 2.39. The summed E-state index contributed by atoms with van der Waals surface area (Å²) in [4.78, 5) is 57.6. The van der Waals surface area contributed by atoms with Crippen LogP contribution < -0.4 is 0 Å². The third-order valence-corrected chi connectivity index (χ3v) is 12.6. The average molecular weight is 790 g/mol. The number of aliphatic hydroxyl groups is 4. The molecule has 0 spiro atoms. The number of ketones is 2. The highest BCUT2D eigenvalue weighted by atomic mass is 16.7. The van der Waals surface area contributed by atoms with Crippen LogP contribution in [0, 0.1) is 29.6 Å². The summed E-state index contributed by atoms with van der Waals surface area (Å²) in [6.45, 7) is 13.0. The third-order valence-electron chi connectivity index (χ3n) is 12.6. The quantitative estimate of drug-likeness (QED) is 0.172. The number of rotatable bonds is 6. The summed E-state index contributed by atoms with van der Waals surface area (Å²) < 4.78 is 24.1. The molecule has 56 heavy (non-hydrogen) atoms. The lowest BCUT2D eigenvalue weighted by atomic mass is 9.81. The van der Waals surface area contributed by atoms with Gasteiger partial charge in [0.05, 0.1) is 30.5 Å². The smallest absolute Gasteiger partial charge is 0.329 e. The van der Waals surface area contributed by atoms with Crippen molar-refractivity contribution in [3.8, 4) is 0 Å². The number of esters is 1. The number of amides is 1. The normalized spacial score (nSPS) is 41.5. The van der Waals surface area contributed by atoms with Crippen LogP contribution in [0.15, 0.2) is 36.0 Å². The molecule has 2 bridgehead atoms. The zero-order valence-electron chi connectivity index (χ0n) is 34.4. The molecule has 13 heteroatoms. The number of hydrogen-bond donors (Lipinski definition) is 4. The number of Topliss-reactive ketones (excluding diaryl/α,β-unsaturated/α-hetero) is 2. The summed E-state index contributed by atoms with van der Waals surface area (Å²) in [5, 5.41) is 44.1. The first-order valence-corrected chi connectivity index (χ1v) is 20.5. The molecular weight excluding hydrogens is 722 g/mol. The number of nitrogens with zero attached hydrogens (tertiary/aromatic N) is 1. The Morgan fingerprint density at radius 1 is 0.946 bits per heavy atom. The van der Waals surface area contributed by atoms with Gasteiger partial charge in [-0.05, 0) is 95.5 Å². The van der Waals surface area contributed by atoms with E-state index in [1.54, 1.807) is 26.8 Å². The fourth-order valence-corrected chi connectivity index (χ4v) is 9.19. The molecule has 0 unspecified atom stereocenters. The van der Waals surface area contributed by atoms with Gasteiger partial charge < -0.3 is 44.3 Å². The van der Waals surface area contributed by atoms with Crippen molar-refractivity contribution in [1.29, 1.82) is 0 Å². The monoisotopic (exact) mass is 789 g/mol. The molecule has 3 heterocycles. The number of ether oxygens (including phenoxy) is 4. The lowest BCUT2D eigenvalue weighted by Crippen LogP contribution is -2.64. The summed E-state index contributed by atoms with van der Waals surface area (Å²) >= 11 is 0. The Bertz CT molecular complexity index is 1460. The summed E-state index contributed by atoms with van der Waals surface area (Å²) in [7, 11) is 3.04. The van der Waals surface area contributed by atoms with Gasteiger partial charge in [0.15, 0.2) is 0 Å². The van der Waals surface area contributed by atoms with Gasteiger partial charge in [0.1, 0.15) is 24.0 Å². The van der Waals surface area contributed by atoms with Crippen molar-refractivity contribution in [3.63, 3.8) is 0 Å². The number of allylic oxidation sites excluding steroid dienone is 4. The van der Waals surface area contributed by atoms with Crippen molar-refractivity contribution in [3.05, 3.63) is 36.0 Å². The number of cyclic esters (lactones) is 1. The second-order valence-corrected chi connectivity index (χ2v) is 17.1. The molecule has 0 radical (unpaired) electrons. The van der Waals surface area contributed by atoms with E-state index in [0.717, 1.165) is 10.5 Å². The molecule has 1 aliphatic carbocycles. The lowest BCUT2D eigenvalue weighted by molar-refractivity contribution is -0.302. The molecular formula is C43H67NO12. The van der Waals surface area contributed by atoms with Crippen molar-refractivity contribution < 1.29 is 58.6 Å². The van der Waals surface area contributed by atoms with Gasteiger partial charge in [-0.3, -0.25) is 14.4 Å². The Hall–Kier alpha value is -2.78. The molecule has 14 atom stereocenters. The van der Waals surface area contributed by atoms with Crippen molar-refractivity contribution in [2.75, 3.05) is 20.8 Å². The molecule has 4 N–H and O–H groups in total. The number of piperidine rings is 1. The van der Waals surface area contributed by atoms with Crippen LogP contribution in [-0.4, -0.2) is 124 Å². The van der Waals surface area contributed by atoms with Crippen LogP contribution in [0.1, 0.15) is 105 Å². The maximum Gasteiger partial charge on any atom is 0.329 e. The van der Waals surface area contributed by atoms with Crippen molar-refractivity contribution in [2.24, 2.45) is 29.6 Å². The van der Waals surface area contributed by atoms with E-state index in [-0.39, 0.29) is 43.4 Å². The molecule has 1 saturated carbocycles. The van der Waals surface area contributed by atoms with Crippen molar-refractivity contribution >= 4 is 23.4 Å². The van der Waals surface area contributed by atoms with Crippen LogP contribution in [0.5, 0.6) is 0 Å². The molecule has 4 aliphatic rings. The Kier molecular flexibility index (Phi) is 16.6. The van der Waals surface area contributed by atoms with Gasteiger partial charge >= 0.3 is 5.97 Å². The lowest BCUT2D eigenvalue weighted by Gasteiger charge is -2.47. The zero-order valence-corrected chi connectivity index (χ0v) is 34.4. The Balaban J connectivity index is 1.78. The standard InChI is InChI=1S/C43H67NO12/c1-9-12-30-18-24(2)17-25(3)19-36(53-7)39-37(54-8)21-27(5)43(52,56-39)40(49)41(50)44-16-11-10-13-31(44)42(51)55-38(28(6)33(46)23-34(30)47)26(4)20-29-14-15-32(45)35(48)22-29/h9,18,20,25,27-33,35-39,45-46,48,52H,1,10-17,19,21-23H2,2-8H3/b24-18+,26-20+/t25-,27-,28-,29+,30+,31+,32+,33-,35-,36-,37+,38-,39-,43+/m0/s1.